The standard InChI is InChI=1S/C29H27N3O10/c1-17(39-28(37)20-9-5-3-6-10-20)26(35)41-23-14-13-19(15-22(25(33)34)31-32-30)16-24(23)42-27(36)18(2)40-29(38)21-11-7-4-8-12-21/h3-14,16-18,22H,15H2,1-2H3,(H2,30,31)(H,33,34)/t17-,18-,22-/m0/s1. The molecule has 0 aliphatic heterocycles. The molecule has 0 radical (unpaired) electrons. The lowest BCUT2D eigenvalue weighted by atomic mass is 10.1. The SMILES string of the molecule is C[C@H](OC(=O)c1ccccc1)C(=O)Oc1ccc(C[C@H](N=NN)C(=O)O)cc1OC(=O)[C@H](C)OC(=O)c1ccccc1. The molecule has 0 spiro atoms. The molecule has 13 heteroatoms. The van der Waals surface area contributed by atoms with Crippen LogP contribution in [0.4, 0.5) is 0 Å². The first-order valence-electron chi connectivity index (χ1n) is 12.5. The second-order valence-electron chi connectivity index (χ2n) is 8.74. The van der Waals surface area contributed by atoms with Gasteiger partial charge in [0.1, 0.15) is 0 Å². The van der Waals surface area contributed by atoms with Crippen molar-refractivity contribution in [1.82, 2.24) is 0 Å². The van der Waals surface area contributed by atoms with E-state index in [-0.39, 0.29) is 29.0 Å². The minimum atomic E-state index is -1.38. The molecular weight excluding hydrogens is 550 g/mol. The van der Waals surface area contributed by atoms with Gasteiger partial charge in [0.2, 0.25) is 0 Å². The quantitative estimate of drug-likeness (QED) is 0.105. The van der Waals surface area contributed by atoms with Crippen LogP contribution in [0.1, 0.15) is 40.1 Å². The summed E-state index contributed by atoms with van der Waals surface area (Å²) in [6.45, 7) is 2.58. The van der Waals surface area contributed by atoms with E-state index in [9.17, 15) is 29.1 Å². The summed E-state index contributed by atoms with van der Waals surface area (Å²) in [4.78, 5) is 61.8. The van der Waals surface area contributed by atoms with E-state index in [1.54, 1.807) is 36.4 Å². The molecule has 218 valence electrons. The van der Waals surface area contributed by atoms with Crippen molar-refractivity contribution in [2.24, 2.45) is 16.2 Å². The fourth-order valence-corrected chi connectivity index (χ4v) is 3.41. The van der Waals surface area contributed by atoms with Gasteiger partial charge in [-0.3, -0.25) is 0 Å². The average Bonchev–Trinajstić information content (AvgIpc) is 2.98. The number of nitrogens with zero attached hydrogens (tertiary/aromatic N) is 2. The van der Waals surface area contributed by atoms with Crippen LogP contribution in [-0.4, -0.2) is 53.2 Å². The van der Waals surface area contributed by atoms with Gasteiger partial charge in [-0.25, -0.2) is 24.0 Å². The van der Waals surface area contributed by atoms with Crippen LogP contribution in [0.5, 0.6) is 11.5 Å². The molecule has 42 heavy (non-hydrogen) atoms. The molecule has 0 fully saturated rings. The maximum absolute atomic E-state index is 12.8. The molecule has 3 N–H and O–H groups in total. The van der Waals surface area contributed by atoms with E-state index in [0.717, 1.165) is 0 Å². The summed E-state index contributed by atoms with van der Waals surface area (Å²) in [5.74, 6) is -0.412. The zero-order valence-corrected chi connectivity index (χ0v) is 22.5. The predicted molar refractivity (Wildman–Crippen MR) is 145 cm³/mol. The summed E-state index contributed by atoms with van der Waals surface area (Å²) in [6, 6.07) is 18.5. The van der Waals surface area contributed by atoms with Gasteiger partial charge in [0.05, 0.1) is 11.1 Å². The van der Waals surface area contributed by atoms with E-state index in [1.807, 2.05) is 0 Å². The second kappa shape index (κ2) is 14.7. The Kier molecular flexibility index (Phi) is 10.8. The fraction of sp³-hybridized carbons (Fsp3) is 0.207. The number of ether oxygens (including phenoxy) is 4. The van der Waals surface area contributed by atoms with Crippen molar-refractivity contribution >= 4 is 29.8 Å². The summed E-state index contributed by atoms with van der Waals surface area (Å²) < 4.78 is 21.1. The third-order valence-corrected chi connectivity index (χ3v) is 5.60. The van der Waals surface area contributed by atoms with Crippen molar-refractivity contribution in [2.75, 3.05) is 0 Å². The van der Waals surface area contributed by atoms with Crippen LogP contribution in [-0.2, 0) is 30.3 Å². The molecule has 0 heterocycles. The summed E-state index contributed by atoms with van der Waals surface area (Å²) in [7, 11) is 0. The lowest BCUT2D eigenvalue weighted by Gasteiger charge is -2.17. The molecule has 0 aliphatic carbocycles. The molecule has 0 saturated carbocycles. The highest BCUT2D eigenvalue weighted by molar-refractivity contribution is 5.92. The van der Waals surface area contributed by atoms with Gasteiger partial charge in [0.15, 0.2) is 29.7 Å². The number of carboxylic acid groups (broad SMARTS) is 1. The molecule has 3 rings (SSSR count). The summed E-state index contributed by atoms with van der Waals surface area (Å²) >= 11 is 0. The second-order valence-corrected chi connectivity index (χ2v) is 8.74. The first-order chi connectivity index (χ1) is 20.1. The van der Waals surface area contributed by atoms with Gasteiger partial charge < -0.3 is 29.9 Å². The van der Waals surface area contributed by atoms with Gasteiger partial charge in [0.25, 0.3) is 0 Å². The van der Waals surface area contributed by atoms with Gasteiger partial charge in [-0.15, -0.1) is 0 Å². The van der Waals surface area contributed by atoms with Crippen LogP contribution in [0, 0.1) is 0 Å². The Morgan fingerprint density at radius 2 is 1.21 bits per heavy atom. The van der Waals surface area contributed by atoms with Crippen LogP contribution in [0.3, 0.4) is 0 Å². The van der Waals surface area contributed by atoms with Crippen molar-refractivity contribution in [2.45, 2.75) is 38.5 Å². The number of carbonyl (C=O) groups is 5. The summed E-state index contributed by atoms with van der Waals surface area (Å²) in [5, 5.41) is 15.8. The number of hydrogen-bond acceptors (Lipinski definition) is 11. The van der Waals surface area contributed by atoms with Crippen LogP contribution in [0.25, 0.3) is 0 Å². The number of esters is 4. The Morgan fingerprint density at radius 3 is 1.67 bits per heavy atom. The molecule has 0 aromatic heterocycles. The highest BCUT2D eigenvalue weighted by Gasteiger charge is 2.26. The maximum Gasteiger partial charge on any atom is 0.352 e. The Bertz CT molecular complexity index is 1460. The van der Waals surface area contributed by atoms with E-state index in [0.29, 0.717) is 5.56 Å². The van der Waals surface area contributed by atoms with Gasteiger partial charge in [-0.05, 0) is 55.8 Å². The van der Waals surface area contributed by atoms with E-state index >= 15 is 0 Å². The number of aliphatic carboxylic acids is 1. The number of carbonyl (C=O) groups excluding carboxylic acids is 4. The summed E-state index contributed by atoms with van der Waals surface area (Å²) in [5.41, 5.74) is 0.731. The van der Waals surface area contributed by atoms with Crippen molar-refractivity contribution in [3.05, 3.63) is 95.6 Å². The predicted octanol–water partition coefficient (Wildman–Crippen LogP) is 3.31. The molecular formula is C29H27N3O10. The lowest BCUT2D eigenvalue weighted by molar-refractivity contribution is -0.145. The molecule has 3 atom stereocenters. The van der Waals surface area contributed by atoms with Crippen LogP contribution in [0.15, 0.2) is 89.2 Å². The van der Waals surface area contributed by atoms with Crippen molar-refractivity contribution in [3.63, 3.8) is 0 Å². The van der Waals surface area contributed by atoms with Crippen LogP contribution >= 0.6 is 0 Å². The van der Waals surface area contributed by atoms with Crippen molar-refractivity contribution < 1.29 is 48.0 Å². The molecule has 3 aromatic carbocycles. The van der Waals surface area contributed by atoms with Gasteiger partial charge in [-0.1, -0.05) is 47.7 Å². The third kappa shape index (κ3) is 8.71. The number of rotatable bonds is 12. The largest absolute Gasteiger partial charge is 0.480 e. The first kappa shape index (κ1) is 30.9. The molecule has 3 aromatic rings. The van der Waals surface area contributed by atoms with E-state index in [2.05, 4.69) is 10.3 Å². The topological polar surface area (TPSA) is 193 Å². The van der Waals surface area contributed by atoms with Crippen molar-refractivity contribution in [3.8, 4) is 11.5 Å². The molecule has 0 saturated heterocycles. The Morgan fingerprint density at radius 1 is 0.738 bits per heavy atom. The maximum atomic E-state index is 12.8. The lowest BCUT2D eigenvalue weighted by Crippen LogP contribution is -2.30. The van der Waals surface area contributed by atoms with E-state index < -0.39 is 48.1 Å². The smallest absolute Gasteiger partial charge is 0.352 e. The zero-order valence-electron chi connectivity index (χ0n) is 22.5. The minimum Gasteiger partial charge on any atom is -0.480 e. The third-order valence-electron chi connectivity index (χ3n) is 5.60. The molecule has 13 nitrogen and oxygen atoms in total. The highest BCUT2D eigenvalue weighted by atomic mass is 16.6. The first-order valence-corrected chi connectivity index (χ1v) is 12.5. The highest BCUT2D eigenvalue weighted by Crippen LogP contribution is 2.30. The van der Waals surface area contributed by atoms with Crippen molar-refractivity contribution in [1.29, 1.82) is 0 Å². The Labute approximate surface area is 239 Å². The zero-order chi connectivity index (χ0) is 30.6. The summed E-state index contributed by atoms with van der Waals surface area (Å²) in [6.07, 6.45) is -2.94. The number of nitrogens with two attached hydrogens (primary N) is 1. The van der Waals surface area contributed by atoms with Gasteiger partial charge in [0, 0.05) is 6.42 Å². The van der Waals surface area contributed by atoms with Gasteiger partial charge in [-0.2, -0.15) is 5.11 Å². The number of carboxylic acids is 1. The fourth-order valence-electron chi connectivity index (χ4n) is 3.41. The number of hydrogen-bond donors (Lipinski definition) is 2. The molecule has 0 bridgehead atoms. The molecule has 0 aliphatic rings. The Hall–Kier alpha value is -5.59. The monoisotopic (exact) mass is 577 g/mol. The Balaban J connectivity index is 1.80. The van der Waals surface area contributed by atoms with Crippen LogP contribution < -0.4 is 15.3 Å². The average molecular weight is 578 g/mol. The normalized spacial score (nSPS) is 12.9. The number of benzene rings is 3. The molecule has 0 unspecified atom stereocenters. The minimum absolute atomic E-state index is 0.210. The molecule has 0 amide bonds. The van der Waals surface area contributed by atoms with E-state index in [1.165, 1.54) is 56.3 Å². The van der Waals surface area contributed by atoms with Gasteiger partial charge >= 0.3 is 29.8 Å². The van der Waals surface area contributed by atoms with Crippen LogP contribution in [0.2, 0.25) is 0 Å². The van der Waals surface area contributed by atoms with E-state index in [4.69, 9.17) is 24.8 Å².